The third-order valence-corrected chi connectivity index (χ3v) is 4.00. The number of hydrogen-bond acceptors (Lipinski definition) is 6. The lowest BCUT2D eigenvalue weighted by molar-refractivity contribution is -0.142. The van der Waals surface area contributed by atoms with Gasteiger partial charge in [-0.25, -0.2) is 0 Å². The van der Waals surface area contributed by atoms with Gasteiger partial charge in [-0.15, -0.1) is 0 Å². The van der Waals surface area contributed by atoms with Gasteiger partial charge < -0.3 is 13.8 Å². The third kappa shape index (κ3) is 3.44. The number of hydrogen-bond donors (Lipinski definition) is 0. The summed E-state index contributed by atoms with van der Waals surface area (Å²) in [6.45, 7) is 9.03. The number of nitrogens with zero attached hydrogens (tertiary/aromatic N) is 4. The molecule has 1 atom stereocenters. The van der Waals surface area contributed by atoms with Crippen LogP contribution in [0.4, 0.5) is 0 Å². The van der Waals surface area contributed by atoms with Gasteiger partial charge in [0.25, 0.3) is 5.89 Å². The molecule has 7 heteroatoms. The first kappa shape index (κ1) is 15.7. The highest BCUT2D eigenvalue weighted by Gasteiger charge is 2.32. The second kappa shape index (κ2) is 6.54. The Kier molecular flexibility index (Phi) is 4.47. The molecule has 0 N–H and O–H groups in total. The molecule has 0 saturated carbocycles. The quantitative estimate of drug-likeness (QED) is 0.839. The largest absolute Gasteiger partial charge is 0.459 e. The van der Waals surface area contributed by atoms with Crippen LogP contribution in [0.3, 0.4) is 0 Å². The van der Waals surface area contributed by atoms with E-state index in [0.717, 1.165) is 19.6 Å². The number of rotatable bonds is 5. The van der Waals surface area contributed by atoms with Crippen molar-refractivity contribution in [2.45, 2.75) is 33.4 Å². The molecule has 3 rings (SSSR count). The van der Waals surface area contributed by atoms with E-state index < -0.39 is 0 Å². The molecule has 0 aliphatic carbocycles. The topological polar surface area (TPSA) is 75.6 Å². The number of piperazine rings is 1. The van der Waals surface area contributed by atoms with Crippen LogP contribution in [-0.4, -0.2) is 51.5 Å². The highest BCUT2D eigenvalue weighted by Crippen LogP contribution is 2.19. The normalized spacial score (nSPS) is 19.7. The van der Waals surface area contributed by atoms with Crippen LogP contribution < -0.4 is 0 Å². The molecule has 7 nitrogen and oxygen atoms in total. The molecular formula is C16H22N4O3. The van der Waals surface area contributed by atoms with Gasteiger partial charge in [0.15, 0.2) is 11.6 Å². The van der Waals surface area contributed by atoms with Gasteiger partial charge in [0.2, 0.25) is 5.91 Å². The highest BCUT2D eigenvalue weighted by atomic mass is 16.5. The Hall–Kier alpha value is -2.15. The summed E-state index contributed by atoms with van der Waals surface area (Å²) in [6, 6.07) is 3.37. The fourth-order valence-electron chi connectivity index (χ4n) is 2.81. The highest BCUT2D eigenvalue weighted by molar-refractivity contribution is 5.82. The molecule has 0 aromatic carbocycles. The molecule has 1 saturated heterocycles. The number of furan rings is 1. The minimum absolute atomic E-state index is 0.166. The van der Waals surface area contributed by atoms with Crippen LogP contribution in [0, 0.1) is 5.92 Å². The molecule has 2 aromatic heterocycles. The van der Waals surface area contributed by atoms with Crippen molar-refractivity contribution in [2.75, 3.05) is 19.6 Å². The van der Waals surface area contributed by atoms with Gasteiger partial charge in [0.05, 0.1) is 18.8 Å². The van der Waals surface area contributed by atoms with Gasteiger partial charge in [-0.1, -0.05) is 19.0 Å². The predicted molar refractivity (Wildman–Crippen MR) is 83.3 cm³/mol. The van der Waals surface area contributed by atoms with E-state index in [9.17, 15) is 4.79 Å². The standard InChI is InChI=1S/C16H22N4O3/c1-11(2)9-20-7-6-19(12(3)16(20)21)10-14-17-15(23-18-14)13-5-4-8-22-13/h4-5,8,11-12H,6-7,9-10H2,1-3H3/t12-/m1/s1. The summed E-state index contributed by atoms with van der Waals surface area (Å²) >= 11 is 0. The molecule has 1 aliphatic rings. The minimum Gasteiger partial charge on any atom is -0.459 e. The summed E-state index contributed by atoms with van der Waals surface area (Å²) in [7, 11) is 0. The minimum atomic E-state index is -0.173. The molecule has 2 aromatic rings. The van der Waals surface area contributed by atoms with E-state index in [1.165, 1.54) is 0 Å². The summed E-state index contributed by atoms with van der Waals surface area (Å²) in [4.78, 5) is 20.8. The monoisotopic (exact) mass is 318 g/mol. The molecule has 23 heavy (non-hydrogen) atoms. The number of amides is 1. The van der Waals surface area contributed by atoms with Crippen LogP contribution in [0.1, 0.15) is 26.6 Å². The lowest BCUT2D eigenvalue weighted by Crippen LogP contribution is -2.56. The van der Waals surface area contributed by atoms with E-state index in [2.05, 4.69) is 28.9 Å². The molecular weight excluding hydrogens is 296 g/mol. The first-order chi connectivity index (χ1) is 11.0. The number of aromatic nitrogens is 2. The van der Waals surface area contributed by atoms with Gasteiger partial charge in [-0.3, -0.25) is 9.69 Å². The van der Waals surface area contributed by atoms with Crippen LogP contribution in [0.25, 0.3) is 11.7 Å². The van der Waals surface area contributed by atoms with Crippen molar-refractivity contribution in [3.63, 3.8) is 0 Å². The van der Waals surface area contributed by atoms with Crippen molar-refractivity contribution >= 4 is 5.91 Å². The Morgan fingerprint density at radius 1 is 1.39 bits per heavy atom. The third-order valence-electron chi connectivity index (χ3n) is 4.00. The Balaban J connectivity index is 1.64. The predicted octanol–water partition coefficient (Wildman–Crippen LogP) is 2.02. The molecule has 1 amide bonds. The number of carbonyl (C=O) groups is 1. The molecule has 0 unspecified atom stereocenters. The summed E-state index contributed by atoms with van der Waals surface area (Å²) in [5, 5.41) is 3.98. The fourth-order valence-corrected chi connectivity index (χ4v) is 2.81. The summed E-state index contributed by atoms with van der Waals surface area (Å²) in [5.41, 5.74) is 0. The Morgan fingerprint density at radius 2 is 2.22 bits per heavy atom. The molecule has 0 bridgehead atoms. The van der Waals surface area contributed by atoms with E-state index in [-0.39, 0.29) is 11.9 Å². The molecule has 3 heterocycles. The SMILES string of the molecule is CC(C)CN1CCN(Cc2noc(-c3ccco3)n2)[C@H](C)C1=O. The second-order valence-electron chi connectivity index (χ2n) is 6.32. The van der Waals surface area contributed by atoms with Crippen LogP contribution in [0.2, 0.25) is 0 Å². The average molecular weight is 318 g/mol. The van der Waals surface area contributed by atoms with Gasteiger partial charge in [0.1, 0.15) is 0 Å². The van der Waals surface area contributed by atoms with Crippen molar-refractivity contribution in [3.05, 3.63) is 24.2 Å². The lowest BCUT2D eigenvalue weighted by Gasteiger charge is -2.39. The van der Waals surface area contributed by atoms with Gasteiger partial charge in [-0.05, 0) is 25.0 Å². The van der Waals surface area contributed by atoms with E-state index in [4.69, 9.17) is 8.94 Å². The van der Waals surface area contributed by atoms with Gasteiger partial charge in [0, 0.05) is 19.6 Å². The van der Waals surface area contributed by atoms with Crippen LogP contribution in [0.5, 0.6) is 0 Å². The van der Waals surface area contributed by atoms with E-state index in [1.807, 2.05) is 11.8 Å². The lowest BCUT2D eigenvalue weighted by atomic mass is 10.1. The molecule has 0 spiro atoms. The Morgan fingerprint density at radius 3 is 2.91 bits per heavy atom. The van der Waals surface area contributed by atoms with Crippen molar-refractivity contribution in [2.24, 2.45) is 5.92 Å². The Bertz CT molecular complexity index is 650. The summed E-state index contributed by atoms with van der Waals surface area (Å²) in [5.74, 6) is 2.12. The van der Waals surface area contributed by atoms with Crippen molar-refractivity contribution < 1.29 is 13.7 Å². The zero-order chi connectivity index (χ0) is 16.4. The average Bonchev–Trinajstić information content (AvgIpc) is 3.17. The van der Waals surface area contributed by atoms with Crippen LogP contribution >= 0.6 is 0 Å². The maximum atomic E-state index is 12.5. The first-order valence-electron chi connectivity index (χ1n) is 7.94. The summed E-state index contributed by atoms with van der Waals surface area (Å²) in [6.07, 6.45) is 1.56. The van der Waals surface area contributed by atoms with Crippen molar-refractivity contribution in [3.8, 4) is 11.7 Å². The van der Waals surface area contributed by atoms with Gasteiger partial charge in [-0.2, -0.15) is 4.98 Å². The van der Waals surface area contributed by atoms with E-state index in [1.54, 1.807) is 18.4 Å². The maximum Gasteiger partial charge on any atom is 0.293 e. The number of carbonyl (C=O) groups excluding carboxylic acids is 1. The molecule has 0 radical (unpaired) electrons. The first-order valence-corrected chi connectivity index (χ1v) is 7.94. The fraction of sp³-hybridized carbons (Fsp3) is 0.562. The van der Waals surface area contributed by atoms with Crippen molar-refractivity contribution in [1.82, 2.24) is 19.9 Å². The van der Waals surface area contributed by atoms with Crippen LogP contribution in [0.15, 0.2) is 27.3 Å². The molecule has 1 aliphatic heterocycles. The van der Waals surface area contributed by atoms with E-state index >= 15 is 0 Å². The zero-order valence-electron chi connectivity index (χ0n) is 13.7. The van der Waals surface area contributed by atoms with Crippen LogP contribution in [-0.2, 0) is 11.3 Å². The summed E-state index contributed by atoms with van der Waals surface area (Å²) < 4.78 is 10.5. The van der Waals surface area contributed by atoms with E-state index in [0.29, 0.717) is 29.9 Å². The smallest absolute Gasteiger partial charge is 0.293 e. The molecule has 1 fully saturated rings. The Labute approximate surface area is 135 Å². The van der Waals surface area contributed by atoms with Crippen molar-refractivity contribution in [1.29, 1.82) is 0 Å². The zero-order valence-corrected chi connectivity index (χ0v) is 13.7. The van der Waals surface area contributed by atoms with Gasteiger partial charge >= 0.3 is 0 Å². The maximum absolute atomic E-state index is 12.5. The second-order valence-corrected chi connectivity index (χ2v) is 6.32. The molecule has 124 valence electrons.